The van der Waals surface area contributed by atoms with Crippen molar-refractivity contribution < 1.29 is 4.79 Å². The normalized spacial score (nSPS) is 12.1. The zero-order valence-electron chi connectivity index (χ0n) is 22.1. The molecule has 190 valence electrons. The van der Waals surface area contributed by atoms with E-state index in [1.54, 1.807) is 11.3 Å². The number of aromatic nitrogens is 2. The fraction of sp³-hybridized carbons (Fsp3) is 0.400. The Labute approximate surface area is 219 Å². The van der Waals surface area contributed by atoms with Crippen molar-refractivity contribution in [2.75, 3.05) is 13.1 Å². The Hall–Kier alpha value is -2.96. The van der Waals surface area contributed by atoms with Crippen LogP contribution in [0.25, 0.3) is 10.9 Å². The molecule has 0 radical (unpaired) electrons. The molecule has 5 nitrogen and oxygen atoms in total. The molecule has 4 aromatic rings. The van der Waals surface area contributed by atoms with Gasteiger partial charge in [-0.05, 0) is 40.5 Å². The molecule has 0 aliphatic heterocycles. The van der Waals surface area contributed by atoms with Crippen molar-refractivity contribution in [3.63, 3.8) is 0 Å². The molecule has 36 heavy (non-hydrogen) atoms. The SMILES string of the molecule is CC(C)CNC(=O)c1csc(CN(CCc2c[nH]c3ccccc23)Cc2ccc(C(C)(C)C)cc2)n1. The van der Waals surface area contributed by atoms with Gasteiger partial charge in [-0.1, -0.05) is 77.1 Å². The molecule has 0 atom stereocenters. The number of nitrogens with zero attached hydrogens (tertiary/aromatic N) is 2. The number of hydrogen-bond donors (Lipinski definition) is 2. The number of carbonyl (C=O) groups is 1. The van der Waals surface area contributed by atoms with E-state index in [1.165, 1.54) is 27.6 Å². The molecule has 4 rings (SSSR count). The summed E-state index contributed by atoms with van der Waals surface area (Å²) in [5, 5.41) is 7.10. The van der Waals surface area contributed by atoms with Crippen molar-refractivity contribution in [3.05, 3.63) is 87.5 Å². The zero-order valence-corrected chi connectivity index (χ0v) is 22.9. The molecule has 0 aliphatic rings. The van der Waals surface area contributed by atoms with Crippen molar-refractivity contribution in [2.24, 2.45) is 5.92 Å². The number of amides is 1. The number of fused-ring (bicyclic) bond motifs is 1. The van der Waals surface area contributed by atoms with E-state index >= 15 is 0 Å². The van der Waals surface area contributed by atoms with Crippen LogP contribution in [0.1, 0.15) is 66.8 Å². The van der Waals surface area contributed by atoms with Crippen molar-refractivity contribution in [2.45, 2.75) is 59.5 Å². The number of H-pyrrole nitrogens is 1. The van der Waals surface area contributed by atoms with Crippen LogP contribution in [0.4, 0.5) is 0 Å². The molecular formula is C30H38N4OS. The largest absolute Gasteiger partial charge is 0.361 e. The van der Waals surface area contributed by atoms with Crippen LogP contribution >= 0.6 is 11.3 Å². The fourth-order valence-corrected chi connectivity index (χ4v) is 5.08. The minimum atomic E-state index is -0.0886. The highest BCUT2D eigenvalue weighted by molar-refractivity contribution is 7.09. The number of rotatable bonds is 10. The van der Waals surface area contributed by atoms with Gasteiger partial charge in [-0.15, -0.1) is 11.3 Å². The Kier molecular flexibility index (Phi) is 8.27. The molecule has 2 aromatic carbocycles. The average Bonchev–Trinajstić information content (AvgIpc) is 3.48. The molecule has 0 unspecified atom stereocenters. The van der Waals surface area contributed by atoms with Crippen LogP contribution < -0.4 is 5.32 Å². The molecule has 2 N–H and O–H groups in total. The minimum Gasteiger partial charge on any atom is -0.361 e. The lowest BCUT2D eigenvalue weighted by atomic mass is 9.87. The maximum Gasteiger partial charge on any atom is 0.270 e. The van der Waals surface area contributed by atoms with E-state index < -0.39 is 0 Å². The molecule has 0 saturated carbocycles. The van der Waals surface area contributed by atoms with Crippen LogP contribution in [0, 0.1) is 5.92 Å². The number of aromatic amines is 1. The monoisotopic (exact) mass is 502 g/mol. The Morgan fingerprint density at radius 1 is 1.08 bits per heavy atom. The van der Waals surface area contributed by atoms with Crippen LogP contribution in [-0.2, 0) is 24.9 Å². The number of hydrogen-bond acceptors (Lipinski definition) is 4. The summed E-state index contributed by atoms with van der Waals surface area (Å²) < 4.78 is 0. The first-order valence-electron chi connectivity index (χ1n) is 12.8. The first kappa shape index (κ1) is 26.1. The smallest absolute Gasteiger partial charge is 0.270 e. The van der Waals surface area contributed by atoms with E-state index in [2.05, 4.69) is 110 Å². The zero-order chi connectivity index (χ0) is 25.7. The summed E-state index contributed by atoms with van der Waals surface area (Å²) in [6.45, 7) is 14.0. The van der Waals surface area contributed by atoms with Crippen LogP contribution in [0.5, 0.6) is 0 Å². The molecule has 2 aromatic heterocycles. The van der Waals surface area contributed by atoms with Gasteiger partial charge in [0.25, 0.3) is 5.91 Å². The highest BCUT2D eigenvalue weighted by Crippen LogP contribution is 2.24. The van der Waals surface area contributed by atoms with Crippen molar-refractivity contribution in [1.29, 1.82) is 0 Å². The number of para-hydroxylation sites is 1. The van der Waals surface area contributed by atoms with E-state index in [-0.39, 0.29) is 11.3 Å². The van der Waals surface area contributed by atoms with Crippen molar-refractivity contribution in [1.82, 2.24) is 20.2 Å². The fourth-order valence-electron chi connectivity index (χ4n) is 4.27. The first-order valence-corrected chi connectivity index (χ1v) is 13.7. The van der Waals surface area contributed by atoms with Gasteiger partial charge >= 0.3 is 0 Å². The van der Waals surface area contributed by atoms with Crippen LogP contribution in [0.15, 0.2) is 60.1 Å². The van der Waals surface area contributed by atoms with E-state index in [4.69, 9.17) is 0 Å². The third kappa shape index (κ3) is 6.83. The Balaban J connectivity index is 1.49. The van der Waals surface area contributed by atoms with Gasteiger partial charge in [-0.3, -0.25) is 9.69 Å². The Morgan fingerprint density at radius 3 is 2.56 bits per heavy atom. The summed E-state index contributed by atoms with van der Waals surface area (Å²) >= 11 is 1.56. The quantitative estimate of drug-likeness (QED) is 0.258. The van der Waals surface area contributed by atoms with Gasteiger partial charge in [0, 0.05) is 42.1 Å². The Bertz CT molecular complexity index is 1280. The lowest BCUT2D eigenvalue weighted by molar-refractivity contribution is 0.0944. The summed E-state index contributed by atoms with van der Waals surface area (Å²) in [7, 11) is 0. The number of carbonyl (C=O) groups excluding carboxylic acids is 1. The molecule has 6 heteroatoms. The molecule has 1 amide bonds. The summed E-state index contributed by atoms with van der Waals surface area (Å²) in [6.07, 6.45) is 3.07. The van der Waals surface area contributed by atoms with E-state index in [9.17, 15) is 4.79 Å². The van der Waals surface area contributed by atoms with Gasteiger partial charge in [0.2, 0.25) is 0 Å². The lowest BCUT2D eigenvalue weighted by Crippen LogP contribution is -2.28. The topological polar surface area (TPSA) is 61.0 Å². The molecule has 0 saturated heterocycles. The van der Waals surface area contributed by atoms with Gasteiger partial charge in [-0.25, -0.2) is 4.98 Å². The maximum absolute atomic E-state index is 12.5. The van der Waals surface area contributed by atoms with Gasteiger partial charge in [-0.2, -0.15) is 0 Å². The average molecular weight is 503 g/mol. The van der Waals surface area contributed by atoms with Gasteiger partial charge in [0.15, 0.2) is 0 Å². The summed E-state index contributed by atoms with van der Waals surface area (Å²) in [4.78, 5) is 23.0. The summed E-state index contributed by atoms with van der Waals surface area (Å²) in [5.41, 5.74) is 5.78. The second kappa shape index (κ2) is 11.4. The predicted molar refractivity (Wildman–Crippen MR) is 151 cm³/mol. The second-order valence-corrected chi connectivity index (χ2v) is 11.9. The van der Waals surface area contributed by atoms with Crippen molar-refractivity contribution in [3.8, 4) is 0 Å². The van der Waals surface area contributed by atoms with Crippen molar-refractivity contribution >= 4 is 28.1 Å². The van der Waals surface area contributed by atoms with E-state index in [0.29, 0.717) is 24.7 Å². The molecule has 2 heterocycles. The number of benzene rings is 2. The highest BCUT2D eigenvalue weighted by Gasteiger charge is 2.17. The number of nitrogens with one attached hydrogen (secondary N) is 2. The second-order valence-electron chi connectivity index (χ2n) is 11.0. The molecule has 0 bridgehead atoms. The molecule has 0 aliphatic carbocycles. The van der Waals surface area contributed by atoms with Crippen LogP contribution in [0.2, 0.25) is 0 Å². The van der Waals surface area contributed by atoms with Crippen LogP contribution in [0.3, 0.4) is 0 Å². The summed E-state index contributed by atoms with van der Waals surface area (Å²) in [5.74, 6) is 0.325. The third-order valence-electron chi connectivity index (χ3n) is 6.41. The Morgan fingerprint density at radius 2 is 1.83 bits per heavy atom. The van der Waals surface area contributed by atoms with Crippen LogP contribution in [-0.4, -0.2) is 33.9 Å². The number of thiazole rings is 1. The molecule has 0 spiro atoms. The highest BCUT2D eigenvalue weighted by atomic mass is 32.1. The predicted octanol–water partition coefficient (Wildman–Crippen LogP) is 6.55. The third-order valence-corrected chi connectivity index (χ3v) is 7.25. The van der Waals surface area contributed by atoms with E-state index in [1.807, 2.05) is 5.38 Å². The van der Waals surface area contributed by atoms with Gasteiger partial charge in [0.05, 0.1) is 6.54 Å². The standard InChI is InChI=1S/C30H38N4OS/c1-21(2)16-32-29(35)27-20-36-28(33-27)19-34(18-22-10-12-24(13-11-22)30(3,4)5)15-14-23-17-31-26-9-7-6-8-25(23)26/h6-13,17,20-21,31H,14-16,18-19H2,1-5H3,(H,32,35). The molecule has 0 fully saturated rings. The first-order chi connectivity index (χ1) is 17.2. The van der Waals surface area contributed by atoms with E-state index in [0.717, 1.165) is 24.5 Å². The summed E-state index contributed by atoms with van der Waals surface area (Å²) in [6, 6.07) is 17.4. The molecular weight excluding hydrogens is 464 g/mol. The maximum atomic E-state index is 12.5. The van der Waals surface area contributed by atoms with Gasteiger partial charge in [0.1, 0.15) is 10.7 Å². The lowest BCUT2D eigenvalue weighted by Gasteiger charge is -2.23. The minimum absolute atomic E-state index is 0.0886. The van der Waals surface area contributed by atoms with Gasteiger partial charge < -0.3 is 10.3 Å².